The lowest BCUT2D eigenvalue weighted by molar-refractivity contribution is -0.117. The first-order valence-corrected chi connectivity index (χ1v) is 11.3. The normalized spacial score (nSPS) is 13.8. The summed E-state index contributed by atoms with van der Waals surface area (Å²) in [6.45, 7) is 2.47. The van der Waals surface area contributed by atoms with Gasteiger partial charge in [-0.25, -0.2) is 4.39 Å². The Morgan fingerprint density at radius 1 is 0.971 bits per heavy atom. The number of aliphatic imine (C=N–C) groups is 1. The van der Waals surface area contributed by atoms with E-state index < -0.39 is 0 Å². The van der Waals surface area contributed by atoms with Gasteiger partial charge in [-0.3, -0.25) is 14.4 Å². The van der Waals surface area contributed by atoms with Crippen LogP contribution in [0.5, 0.6) is 0 Å². The second-order valence-electron chi connectivity index (χ2n) is 8.46. The molecule has 0 radical (unpaired) electrons. The summed E-state index contributed by atoms with van der Waals surface area (Å²) in [5.41, 5.74) is 5.25. The molecule has 0 atom stereocenters. The van der Waals surface area contributed by atoms with E-state index in [-0.39, 0.29) is 18.3 Å². The van der Waals surface area contributed by atoms with Gasteiger partial charge in [0.2, 0.25) is 5.91 Å². The number of rotatable bonds is 2. The Balaban J connectivity index is 1.40. The molecule has 0 aliphatic carbocycles. The summed E-state index contributed by atoms with van der Waals surface area (Å²) in [6, 6.07) is 20.2. The minimum Gasteiger partial charge on any atom is -0.300 e. The van der Waals surface area contributed by atoms with Crippen molar-refractivity contribution in [3.05, 3.63) is 106 Å². The van der Waals surface area contributed by atoms with Crippen molar-refractivity contribution in [2.45, 2.75) is 19.9 Å². The third kappa shape index (κ3) is 3.60. The lowest BCUT2D eigenvalue weighted by Gasteiger charge is -2.14. The third-order valence-electron chi connectivity index (χ3n) is 6.29. The van der Waals surface area contributed by atoms with Crippen LogP contribution < -0.4 is 4.90 Å². The number of halogens is 1. The van der Waals surface area contributed by atoms with Crippen molar-refractivity contribution in [3.63, 3.8) is 0 Å². The maximum atomic E-state index is 14.8. The molecule has 2 aliphatic rings. The fourth-order valence-corrected chi connectivity index (χ4v) is 4.65. The predicted molar refractivity (Wildman–Crippen MR) is 131 cm³/mol. The van der Waals surface area contributed by atoms with E-state index in [1.165, 1.54) is 6.07 Å². The predicted octanol–water partition coefficient (Wildman–Crippen LogP) is 4.01. The maximum Gasteiger partial charge on any atom is 0.232 e. The Hall–Kier alpha value is -4.57. The summed E-state index contributed by atoms with van der Waals surface area (Å²) < 4.78 is 16.7. The Kier molecular flexibility index (Phi) is 5.00. The van der Waals surface area contributed by atoms with E-state index in [2.05, 4.69) is 22.0 Å². The van der Waals surface area contributed by atoms with Crippen LogP contribution in [0.15, 0.2) is 71.7 Å². The second-order valence-corrected chi connectivity index (χ2v) is 8.46. The highest BCUT2D eigenvalue weighted by atomic mass is 19.1. The first kappa shape index (κ1) is 21.0. The van der Waals surface area contributed by atoms with Crippen molar-refractivity contribution in [2.24, 2.45) is 4.99 Å². The maximum absolute atomic E-state index is 14.8. The van der Waals surface area contributed by atoms with Crippen LogP contribution >= 0.6 is 0 Å². The number of carbonyl (C=O) groups is 1. The van der Waals surface area contributed by atoms with Gasteiger partial charge in [-0.15, -0.1) is 10.2 Å². The van der Waals surface area contributed by atoms with Gasteiger partial charge in [0.15, 0.2) is 5.82 Å². The molecule has 0 spiro atoms. The lowest BCUT2D eigenvalue weighted by atomic mass is 9.98. The topological polar surface area (TPSA) is 63.4 Å². The van der Waals surface area contributed by atoms with Crippen molar-refractivity contribution in [3.8, 4) is 17.5 Å². The number of aromatic nitrogens is 3. The summed E-state index contributed by atoms with van der Waals surface area (Å²) in [7, 11) is 0. The fraction of sp³-hybridized carbons (Fsp3) is 0.143. The molecular weight excluding hydrogens is 441 g/mol. The lowest BCUT2D eigenvalue weighted by Crippen LogP contribution is -2.26. The molecule has 3 aromatic carbocycles. The van der Waals surface area contributed by atoms with Crippen molar-refractivity contribution < 1.29 is 9.18 Å². The molecule has 2 aliphatic heterocycles. The molecule has 0 unspecified atom stereocenters. The van der Waals surface area contributed by atoms with E-state index in [9.17, 15) is 9.18 Å². The smallest absolute Gasteiger partial charge is 0.232 e. The third-order valence-corrected chi connectivity index (χ3v) is 6.29. The standard InChI is InChI=1S/C28H20FN5O/c1-18-31-32-26-17-30-28(21-9-3-4-10-23(21)29)22-15-19(12-13-25(22)34(18)26)7-6-14-33-24-11-5-2-8-20(24)16-27(33)35/h2-5,8-13,15H,14,16-17H2,1H3. The quantitative estimate of drug-likeness (QED) is 0.424. The summed E-state index contributed by atoms with van der Waals surface area (Å²) in [5.74, 6) is 7.45. The molecule has 0 bridgehead atoms. The van der Waals surface area contributed by atoms with E-state index in [0.29, 0.717) is 30.1 Å². The Bertz CT molecular complexity index is 1590. The van der Waals surface area contributed by atoms with Gasteiger partial charge < -0.3 is 4.90 Å². The van der Waals surface area contributed by atoms with Gasteiger partial charge in [-0.1, -0.05) is 42.2 Å². The Labute approximate surface area is 201 Å². The van der Waals surface area contributed by atoms with Crippen LogP contribution in [0.25, 0.3) is 5.69 Å². The molecule has 0 saturated carbocycles. The number of aryl methyl sites for hydroxylation is 1. The molecule has 4 aromatic rings. The SMILES string of the molecule is Cc1nnc2n1-c1ccc(C#CCN3C(=O)Cc4ccccc43)cc1C(c1ccccc1F)=NC2. The molecule has 3 heterocycles. The highest BCUT2D eigenvalue weighted by molar-refractivity contribution is 6.15. The summed E-state index contributed by atoms with van der Waals surface area (Å²) in [4.78, 5) is 18.9. The molecule has 6 nitrogen and oxygen atoms in total. The number of carbonyl (C=O) groups excluding carboxylic acids is 1. The van der Waals surface area contributed by atoms with Crippen LogP contribution in [0.2, 0.25) is 0 Å². The molecule has 6 rings (SSSR count). The first-order chi connectivity index (χ1) is 17.1. The van der Waals surface area contributed by atoms with Gasteiger partial charge in [0, 0.05) is 22.4 Å². The van der Waals surface area contributed by atoms with Crippen LogP contribution in [-0.4, -0.2) is 32.9 Å². The van der Waals surface area contributed by atoms with E-state index >= 15 is 0 Å². The Morgan fingerprint density at radius 3 is 2.69 bits per heavy atom. The van der Waals surface area contributed by atoms with Crippen LogP contribution in [0.3, 0.4) is 0 Å². The molecule has 170 valence electrons. The number of hydrogen-bond donors (Lipinski definition) is 0. The van der Waals surface area contributed by atoms with Crippen LogP contribution in [0.1, 0.15) is 33.9 Å². The molecule has 0 N–H and O–H groups in total. The molecule has 0 saturated heterocycles. The van der Waals surface area contributed by atoms with Crippen LogP contribution in [-0.2, 0) is 17.8 Å². The number of anilines is 1. The van der Waals surface area contributed by atoms with Crippen LogP contribution in [0.4, 0.5) is 10.1 Å². The zero-order valence-corrected chi connectivity index (χ0v) is 19.0. The molecule has 7 heteroatoms. The van der Waals surface area contributed by atoms with Crippen molar-refractivity contribution in [1.29, 1.82) is 0 Å². The Morgan fingerprint density at radius 2 is 1.80 bits per heavy atom. The van der Waals surface area contributed by atoms with Crippen LogP contribution in [0, 0.1) is 24.6 Å². The molecule has 0 fully saturated rings. The van der Waals surface area contributed by atoms with Gasteiger partial charge >= 0.3 is 0 Å². The zero-order chi connectivity index (χ0) is 23.9. The monoisotopic (exact) mass is 461 g/mol. The first-order valence-electron chi connectivity index (χ1n) is 11.3. The molecule has 1 amide bonds. The van der Waals surface area contributed by atoms with E-state index in [1.54, 1.807) is 23.1 Å². The highest BCUT2D eigenvalue weighted by Crippen LogP contribution is 2.29. The van der Waals surface area contributed by atoms with Gasteiger partial charge in [-0.2, -0.15) is 0 Å². The number of hydrogen-bond acceptors (Lipinski definition) is 4. The number of benzene rings is 3. The number of para-hydroxylation sites is 1. The van der Waals surface area contributed by atoms with E-state index in [0.717, 1.165) is 33.9 Å². The summed E-state index contributed by atoms with van der Waals surface area (Å²) in [6.07, 6.45) is 0.403. The minimum absolute atomic E-state index is 0.0482. The van der Waals surface area contributed by atoms with Crippen molar-refractivity contribution >= 4 is 17.3 Å². The summed E-state index contributed by atoms with van der Waals surface area (Å²) >= 11 is 0. The molecule has 35 heavy (non-hydrogen) atoms. The van der Waals surface area contributed by atoms with E-state index in [4.69, 9.17) is 4.99 Å². The average molecular weight is 462 g/mol. The van der Waals surface area contributed by atoms with Gasteiger partial charge in [0.1, 0.15) is 18.2 Å². The number of nitrogens with zero attached hydrogens (tertiary/aromatic N) is 5. The molecular formula is C28H20FN5O. The minimum atomic E-state index is -0.339. The van der Waals surface area contributed by atoms with Gasteiger partial charge in [-0.05, 0) is 48.9 Å². The van der Waals surface area contributed by atoms with Crippen molar-refractivity contribution in [2.75, 3.05) is 11.4 Å². The fourth-order valence-electron chi connectivity index (χ4n) is 4.65. The van der Waals surface area contributed by atoms with Gasteiger partial charge in [0.25, 0.3) is 0 Å². The number of amides is 1. The average Bonchev–Trinajstić information content (AvgIpc) is 3.33. The van der Waals surface area contributed by atoms with E-state index in [1.807, 2.05) is 54.0 Å². The zero-order valence-electron chi connectivity index (χ0n) is 19.0. The van der Waals surface area contributed by atoms with Crippen molar-refractivity contribution in [1.82, 2.24) is 14.8 Å². The summed E-state index contributed by atoms with van der Waals surface area (Å²) in [5, 5.41) is 8.45. The largest absolute Gasteiger partial charge is 0.300 e. The second kappa shape index (κ2) is 8.33. The highest BCUT2D eigenvalue weighted by Gasteiger charge is 2.26. The van der Waals surface area contributed by atoms with Gasteiger partial charge in [0.05, 0.1) is 24.4 Å². The number of fused-ring (bicyclic) bond motifs is 4. The molecule has 1 aromatic heterocycles.